The number of carbonyl (C=O) groups excluding carboxylic acids is 1. The topological polar surface area (TPSA) is 78.4 Å². The molecule has 1 aromatic heterocycles. The van der Waals surface area contributed by atoms with Gasteiger partial charge in [0.15, 0.2) is 0 Å². The summed E-state index contributed by atoms with van der Waals surface area (Å²) in [5.41, 5.74) is 1.64. The number of hydrogen-bond acceptors (Lipinski definition) is 5. The minimum absolute atomic E-state index is 0.0399. The summed E-state index contributed by atoms with van der Waals surface area (Å²) in [5.74, 6) is 0.343. The number of nitrogens with one attached hydrogen (secondary N) is 3. The number of aliphatic imine (C=N–C) groups is 1. The number of aromatic nitrogens is 1. The number of pyridine rings is 1. The van der Waals surface area contributed by atoms with Crippen LogP contribution in [0, 0.1) is 0 Å². The van der Waals surface area contributed by atoms with E-state index in [1.165, 1.54) is 5.57 Å². The van der Waals surface area contributed by atoms with Crippen molar-refractivity contribution in [1.29, 1.82) is 0 Å². The van der Waals surface area contributed by atoms with Crippen LogP contribution in [-0.4, -0.2) is 16.7 Å². The Balaban J connectivity index is 1.56. The molecule has 2 aromatic rings. The van der Waals surface area contributed by atoms with E-state index >= 15 is 0 Å². The highest BCUT2D eigenvalue weighted by atomic mass is 19.4. The highest BCUT2D eigenvalue weighted by Gasteiger charge is 2.32. The van der Waals surface area contributed by atoms with Crippen molar-refractivity contribution in [3.05, 3.63) is 83.6 Å². The van der Waals surface area contributed by atoms with Gasteiger partial charge in [0.2, 0.25) is 0 Å². The normalized spacial score (nSPS) is 14.7. The molecule has 1 aromatic carbocycles. The Labute approximate surface area is 178 Å². The predicted octanol–water partition coefficient (Wildman–Crippen LogP) is 4.77. The zero-order valence-electron chi connectivity index (χ0n) is 17.0. The molecule has 1 aliphatic rings. The van der Waals surface area contributed by atoms with Crippen LogP contribution in [0.2, 0.25) is 0 Å². The van der Waals surface area contributed by atoms with Crippen molar-refractivity contribution in [2.24, 2.45) is 4.99 Å². The van der Waals surface area contributed by atoms with Crippen molar-refractivity contribution in [3.63, 3.8) is 0 Å². The number of anilines is 1. The van der Waals surface area contributed by atoms with Gasteiger partial charge in [-0.1, -0.05) is 12.1 Å². The average Bonchev–Trinajstić information content (AvgIpc) is 3.15. The molecule has 0 radical (unpaired) electrons. The molecular weight excluding hydrogens is 407 g/mol. The van der Waals surface area contributed by atoms with E-state index < -0.39 is 17.8 Å². The van der Waals surface area contributed by atoms with Gasteiger partial charge in [-0.15, -0.1) is 0 Å². The third-order valence-electron chi connectivity index (χ3n) is 4.53. The number of alkyl halides is 3. The maximum atomic E-state index is 12.6. The first-order valence-electron chi connectivity index (χ1n) is 9.57. The Kier molecular flexibility index (Phi) is 6.74. The van der Waals surface area contributed by atoms with Gasteiger partial charge in [0.1, 0.15) is 11.5 Å². The molecular formula is C22H22F3N5O. The van der Waals surface area contributed by atoms with E-state index in [4.69, 9.17) is 0 Å². The Bertz CT molecular complexity index is 1030. The second-order valence-corrected chi connectivity index (χ2v) is 7.10. The van der Waals surface area contributed by atoms with E-state index in [2.05, 4.69) is 25.9 Å². The lowest BCUT2D eigenvalue weighted by atomic mass is 10.1. The quantitative estimate of drug-likeness (QED) is 0.618. The lowest BCUT2D eigenvalue weighted by molar-refractivity contribution is -0.141. The second kappa shape index (κ2) is 9.46. The Morgan fingerprint density at radius 1 is 1.19 bits per heavy atom. The summed E-state index contributed by atoms with van der Waals surface area (Å²) >= 11 is 0. The van der Waals surface area contributed by atoms with Crippen LogP contribution in [0.5, 0.6) is 0 Å². The van der Waals surface area contributed by atoms with Crippen molar-refractivity contribution in [3.8, 4) is 0 Å². The van der Waals surface area contributed by atoms with Crippen LogP contribution >= 0.6 is 0 Å². The van der Waals surface area contributed by atoms with Gasteiger partial charge in [0, 0.05) is 42.9 Å². The fourth-order valence-electron chi connectivity index (χ4n) is 2.84. The van der Waals surface area contributed by atoms with E-state index in [-0.39, 0.29) is 11.6 Å². The molecule has 1 amide bonds. The summed E-state index contributed by atoms with van der Waals surface area (Å²) in [7, 11) is 0. The molecule has 0 saturated carbocycles. The van der Waals surface area contributed by atoms with Crippen molar-refractivity contribution in [2.45, 2.75) is 32.5 Å². The number of hydrogen-bond donors (Lipinski definition) is 3. The first-order chi connectivity index (χ1) is 14.7. The number of amidine groups is 1. The van der Waals surface area contributed by atoms with E-state index in [9.17, 15) is 18.0 Å². The first-order valence-corrected chi connectivity index (χ1v) is 9.57. The van der Waals surface area contributed by atoms with Crippen LogP contribution < -0.4 is 16.0 Å². The highest BCUT2D eigenvalue weighted by Crippen LogP contribution is 2.27. The number of benzene rings is 1. The fourth-order valence-corrected chi connectivity index (χ4v) is 2.84. The second-order valence-electron chi connectivity index (χ2n) is 7.10. The molecule has 0 spiro atoms. The molecule has 6 nitrogen and oxygen atoms in total. The Morgan fingerprint density at radius 3 is 2.65 bits per heavy atom. The number of halogens is 3. The molecule has 1 unspecified atom stereocenters. The van der Waals surface area contributed by atoms with Crippen molar-refractivity contribution in [1.82, 2.24) is 15.6 Å². The summed E-state index contributed by atoms with van der Waals surface area (Å²) in [6, 6.07) is 9.03. The maximum absolute atomic E-state index is 12.6. The molecule has 0 bridgehead atoms. The zero-order chi connectivity index (χ0) is 22.4. The highest BCUT2D eigenvalue weighted by molar-refractivity contribution is 6.04. The summed E-state index contributed by atoms with van der Waals surface area (Å²) in [6.45, 7) is 3.98. The molecule has 3 rings (SSSR count). The van der Waals surface area contributed by atoms with E-state index in [0.29, 0.717) is 5.69 Å². The first kappa shape index (κ1) is 22.1. The van der Waals surface area contributed by atoms with Gasteiger partial charge < -0.3 is 16.0 Å². The van der Waals surface area contributed by atoms with Crippen LogP contribution in [0.4, 0.5) is 18.9 Å². The third kappa shape index (κ3) is 6.18. The molecule has 0 fully saturated rings. The van der Waals surface area contributed by atoms with E-state index in [1.54, 1.807) is 30.6 Å². The molecule has 9 heteroatoms. The molecule has 1 atom stereocenters. The summed E-state index contributed by atoms with van der Waals surface area (Å²) in [6.07, 6.45) is 2.54. The zero-order valence-corrected chi connectivity index (χ0v) is 17.0. The average molecular weight is 429 g/mol. The molecule has 2 heterocycles. The van der Waals surface area contributed by atoms with Crippen molar-refractivity contribution >= 4 is 17.4 Å². The Hall–Kier alpha value is -3.62. The van der Waals surface area contributed by atoms with Gasteiger partial charge in [-0.25, -0.2) is 4.99 Å². The van der Waals surface area contributed by atoms with Crippen LogP contribution in [0.15, 0.2) is 71.8 Å². The number of amides is 1. The van der Waals surface area contributed by atoms with Gasteiger partial charge in [0.05, 0.1) is 5.56 Å². The van der Waals surface area contributed by atoms with Gasteiger partial charge in [-0.2, -0.15) is 13.2 Å². The molecule has 3 N–H and O–H groups in total. The number of rotatable bonds is 6. The summed E-state index contributed by atoms with van der Waals surface area (Å²) < 4.78 is 37.8. The lowest BCUT2D eigenvalue weighted by Crippen LogP contribution is -2.18. The smallest absolute Gasteiger partial charge is 0.383 e. The van der Waals surface area contributed by atoms with Crippen LogP contribution in [0.3, 0.4) is 0 Å². The van der Waals surface area contributed by atoms with Crippen LogP contribution in [0.25, 0.3) is 0 Å². The Morgan fingerprint density at radius 2 is 2.00 bits per heavy atom. The molecule has 0 saturated heterocycles. The van der Waals surface area contributed by atoms with E-state index in [1.807, 2.05) is 26.1 Å². The fraction of sp³-hybridized carbons (Fsp3) is 0.227. The van der Waals surface area contributed by atoms with Crippen molar-refractivity contribution in [2.75, 3.05) is 5.32 Å². The van der Waals surface area contributed by atoms with Gasteiger partial charge in [-0.05, 0) is 49.2 Å². The molecule has 0 aliphatic carbocycles. The SMILES string of the molecule is CC1=CN=C(NC=CNC(C)c2cccc(NC(=O)c3ccc(C(F)(F)F)nc3)c2)C1. The molecule has 162 valence electrons. The molecule has 31 heavy (non-hydrogen) atoms. The summed E-state index contributed by atoms with van der Waals surface area (Å²) in [4.78, 5) is 19.9. The van der Waals surface area contributed by atoms with Crippen LogP contribution in [-0.2, 0) is 6.18 Å². The monoisotopic (exact) mass is 429 g/mol. The standard InChI is InChI=1S/C22H22F3N5O/c1-14-10-20(29-12-14)27-9-8-26-15(2)16-4-3-5-18(11-16)30-21(31)17-6-7-19(28-13-17)22(23,24)25/h3-9,11-13,15,26H,10H2,1-2H3,(H,27,29)(H,30,31). The lowest BCUT2D eigenvalue weighted by Gasteiger charge is -2.14. The number of carbonyl (C=O) groups is 1. The maximum Gasteiger partial charge on any atom is 0.433 e. The van der Waals surface area contributed by atoms with Gasteiger partial charge in [-0.3, -0.25) is 9.78 Å². The largest absolute Gasteiger partial charge is 0.433 e. The predicted molar refractivity (Wildman–Crippen MR) is 113 cm³/mol. The minimum atomic E-state index is -4.54. The molecule has 1 aliphatic heterocycles. The van der Waals surface area contributed by atoms with Crippen LogP contribution in [0.1, 0.15) is 47.9 Å². The van der Waals surface area contributed by atoms with Gasteiger partial charge >= 0.3 is 6.18 Å². The van der Waals surface area contributed by atoms with E-state index in [0.717, 1.165) is 36.1 Å². The van der Waals surface area contributed by atoms with Gasteiger partial charge in [0.25, 0.3) is 5.91 Å². The summed E-state index contributed by atoms with van der Waals surface area (Å²) in [5, 5.41) is 9.01. The third-order valence-corrected chi connectivity index (χ3v) is 4.53. The van der Waals surface area contributed by atoms with Crippen molar-refractivity contribution < 1.29 is 18.0 Å². The minimum Gasteiger partial charge on any atom is -0.383 e. The number of nitrogens with zero attached hydrogens (tertiary/aromatic N) is 2.